The molecule has 0 heterocycles. The summed E-state index contributed by atoms with van der Waals surface area (Å²) < 4.78 is 4.94. The molecule has 0 aromatic heterocycles. The van der Waals surface area contributed by atoms with E-state index in [9.17, 15) is 9.59 Å². The highest BCUT2D eigenvalue weighted by molar-refractivity contribution is 5.93. The lowest BCUT2D eigenvalue weighted by Crippen LogP contribution is -2.27. The molecular formula is C17H22N2O3. The van der Waals surface area contributed by atoms with Crippen molar-refractivity contribution in [3.05, 3.63) is 36.4 Å². The number of rotatable bonds is 4. The second-order valence-corrected chi connectivity index (χ2v) is 5.28. The fourth-order valence-corrected chi connectivity index (χ4v) is 2.37. The zero-order valence-corrected chi connectivity index (χ0v) is 13.0. The van der Waals surface area contributed by atoms with Crippen LogP contribution in [0.2, 0.25) is 0 Å². The molecule has 22 heavy (non-hydrogen) atoms. The van der Waals surface area contributed by atoms with Crippen molar-refractivity contribution in [2.24, 2.45) is 5.92 Å². The molecule has 1 aliphatic rings. The molecule has 0 spiro atoms. The Hall–Kier alpha value is -2.30. The number of allylic oxidation sites excluding steroid dienone is 2. The van der Waals surface area contributed by atoms with Gasteiger partial charge in [-0.1, -0.05) is 12.2 Å². The average molecular weight is 302 g/mol. The lowest BCUT2D eigenvalue weighted by atomic mass is 9.93. The van der Waals surface area contributed by atoms with E-state index in [2.05, 4.69) is 17.5 Å². The lowest BCUT2D eigenvalue weighted by Gasteiger charge is -2.19. The van der Waals surface area contributed by atoms with Gasteiger partial charge in [0, 0.05) is 24.3 Å². The van der Waals surface area contributed by atoms with E-state index in [4.69, 9.17) is 4.74 Å². The van der Waals surface area contributed by atoms with Crippen molar-refractivity contribution < 1.29 is 14.3 Å². The summed E-state index contributed by atoms with van der Waals surface area (Å²) in [4.78, 5) is 25.2. The standard InChI is InChI=1S/C17H22N2O3/c1-3-22-17(21)19(2)15-11-9-14(10-12-15)18-16(20)13-7-5-4-6-8-13/h4-5,9-13H,3,6-8H2,1-2H3,(H,18,20)/t13-/m1/s1. The van der Waals surface area contributed by atoms with Crippen LogP contribution in [0.1, 0.15) is 26.2 Å². The Labute approximate surface area is 130 Å². The van der Waals surface area contributed by atoms with Crippen LogP contribution in [0, 0.1) is 5.92 Å². The maximum atomic E-state index is 12.2. The van der Waals surface area contributed by atoms with Crippen LogP contribution in [0.25, 0.3) is 0 Å². The number of benzene rings is 1. The van der Waals surface area contributed by atoms with E-state index in [1.54, 1.807) is 38.2 Å². The van der Waals surface area contributed by atoms with Gasteiger partial charge in [0.1, 0.15) is 0 Å². The van der Waals surface area contributed by atoms with Crippen LogP contribution in [0.4, 0.5) is 16.2 Å². The van der Waals surface area contributed by atoms with Crippen molar-refractivity contribution >= 4 is 23.4 Å². The molecule has 2 rings (SSSR count). The van der Waals surface area contributed by atoms with E-state index in [-0.39, 0.29) is 11.8 Å². The number of nitrogens with zero attached hydrogens (tertiary/aromatic N) is 1. The molecule has 5 nitrogen and oxygen atoms in total. The van der Waals surface area contributed by atoms with Crippen LogP contribution in [0.3, 0.4) is 0 Å². The van der Waals surface area contributed by atoms with E-state index >= 15 is 0 Å². The van der Waals surface area contributed by atoms with Gasteiger partial charge < -0.3 is 10.1 Å². The average Bonchev–Trinajstić information content (AvgIpc) is 2.56. The zero-order valence-electron chi connectivity index (χ0n) is 13.0. The molecule has 1 atom stereocenters. The normalized spacial score (nSPS) is 16.9. The van der Waals surface area contributed by atoms with Crippen LogP contribution in [-0.2, 0) is 9.53 Å². The number of anilines is 2. The summed E-state index contributed by atoms with van der Waals surface area (Å²) in [5, 5.41) is 2.92. The minimum absolute atomic E-state index is 0.0480. The highest BCUT2D eigenvalue weighted by atomic mass is 16.6. The Kier molecular flexibility index (Phi) is 5.58. The number of hydrogen-bond acceptors (Lipinski definition) is 3. The Morgan fingerprint density at radius 1 is 1.27 bits per heavy atom. The van der Waals surface area contributed by atoms with Crippen molar-refractivity contribution in [1.82, 2.24) is 0 Å². The van der Waals surface area contributed by atoms with Gasteiger partial charge in [-0.05, 0) is 50.5 Å². The number of nitrogens with one attached hydrogen (secondary N) is 1. The van der Waals surface area contributed by atoms with Gasteiger partial charge in [-0.2, -0.15) is 0 Å². The molecule has 0 aliphatic heterocycles. The first kappa shape index (κ1) is 16.1. The Bertz CT molecular complexity index is 552. The van der Waals surface area contributed by atoms with Crippen LogP contribution in [0.5, 0.6) is 0 Å². The van der Waals surface area contributed by atoms with Gasteiger partial charge in [0.15, 0.2) is 0 Å². The molecule has 1 aromatic rings. The SMILES string of the molecule is CCOC(=O)N(C)c1ccc(NC(=O)[C@@H]2CC=CCC2)cc1. The summed E-state index contributed by atoms with van der Waals surface area (Å²) in [6.07, 6.45) is 6.44. The van der Waals surface area contributed by atoms with Crippen LogP contribution < -0.4 is 10.2 Å². The van der Waals surface area contributed by atoms with E-state index in [0.29, 0.717) is 6.61 Å². The number of ether oxygens (including phenoxy) is 1. The first-order valence-electron chi connectivity index (χ1n) is 7.58. The minimum atomic E-state index is -0.395. The van der Waals surface area contributed by atoms with Gasteiger partial charge in [0.05, 0.1) is 6.61 Å². The van der Waals surface area contributed by atoms with Gasteiger partial charge in [-0.15, -0.1) is 0 Å². The molecule has 1 aromatic carbocycles. The molecule has 0 saturated heterocycles. The smallest absolute Gasteiger partial charge is 0.413 e. The van der Waals surface area contributed by atoms with Gasteiger partial charge in [0.2, 0.25) is 5.91 Å². The summed E-state index contributed by atoms with van der Waals surface area (Å²) >= 11 is 0. The third-order valence-electron chi connectivity index (χ3n) is 3.70. The quantitative estimate of drug-likeness (QED) is 0.865. The molecule has 0 fully saturated rings. The molecule has 2 amide bonds. The molecule has 0 unspecified atom stereocenters. The molecular weight excluding hydrogens is 280 g/mol. The Morgan fingerprint density at radius 3 is 2.59 bits per heavy atom. The summed E-state index contributed by atoms with van der Waals surface area (Å²) in [6, 6.07) is 7.16. The highest BCUT2D eigenvalue weighted by Gasteiger charge is 2.18. The summed E-state index contributed by atoms with van der Waals surface area (Å²) in [6.45, 7) is 2.11. The van der Waals surface area contributed by atoms with Crippen molar-refractivity contribution in [2.75, 3.05) is 23.9 Å². The predicted molar refractivity (Wildman–Crippen MR) is 87.0 cm³/mol. The van der Waals surface area contributed by atoms with Crippen LogP contribution in [-0.4, -0.2) is 25.7 Å². The molecule has 5 heteroatoms. The summed E-state index contributed by atoms with van der Waals surface area (Å²) in [7, 11) is 1.65. The van der Waals surface area contributed by atoms with E-state index in [1.165, 1.54) is 4.90 Å². The van der Waals surface area contributed by atoms with E-state index < -0.39 is 6.09 Å². The van der Waals surface area contributed by atoms with Crippen molar-refractivity contribution in [3.63, 3.8) is 0 Å². The predicted octanol–water partition coefficient (Wildman–Crippen LogP) is 3.57. The fraction of sp³-hybridized carbons (Fsp3) is 0.412. The second kappa shape index (κ2) is 7.64. The highest BCUT2D eigenvalue weighted by Crippen LogP contribution is 2.22. The number of carbonyl (C=O) groups excluding carboxylic acids is 2. The monoisotopic (exact) mass is 302 g/mol. The van der Waals surface area contributed by atoms with Crippen LogP contribution in [0.15, 0.2) is 36.4 Å². The largest absolute Gasteiger partial charge is 0.449 e. The lowest BCUT2D eigenvalue weighted by molar-refractivity contribution is -0.120. The third-order valence-corrected chi connectivity index (χ3v) is 3.70. The number of hydrogen-bond donors (Lipinski definition) is 1. The minimum Gasteiger partial charge on any atom is -0.449 e. The first-order chi connectivity index (χ1) is 10.6. The van der Waals surface area contributed by atoms with Gasteiger partial charge in [-0.25, -0.2) is 4.79 Å². The Morgan fingerprint density at radius 2 is 2.00 bits per heavy atom. The number of carbonyl (C=O) groups is 2. The van der Waals surface area contributed by atoms with E-state index in [1.807, 2.05) is 0 Å². The third kappa shape index (κ3) is 4.10. The maximum Gasteiger partial charge on any atom is 0.413 e. The molecule has 1 aliphatic carbocycles. The number of amides is 2. The van der Waals surface area contributed by atoms with Crippen molar-refractivity contribution in [3.8, 4) is 0 Å². The van der Waals surface area contributed by atoms with E-state index in [0.717, 1.165) is 30.6 Å². The zero-order chi connectivity index (χ0) is 15.9. The molecule has 1 N–H and O–H groups in total. The van der Waals surface area contributed by atoms with Gasteiger partial charge >= 0.3 is 6.09 Å². The Balaban J connectivity index is 1.95. The first-order valence-corrected chi connectivity index (χ1v) is 7.58. The van der Waals surface area contributed by atoms with Gasteiger partial charge in [0.25, 0.3) is 0 Å². The maximum absolute atomic E-state index is 12.2. The molecule has 0 bridgehead atoms. The summed E-state index contributed by atoms with van der Waals surface area (Å²) in [5.74, 6) is 0.0997. The second-order valence-electron chi connectivity index (χ2n) is 5.28. The topological polar surface area (TPSA) is 58.6 Å². The van der Waals surface area contributed by atoms with Crippen LogP contribution >= 0.6 is 0 Å². The molecule has 0 radical (unpaired) electrons. The molecule has 118 valence electrons. The molecule has 0 saturated carbocycles. The van der Waals surface area contributed by atoms with Crippen molar-refractivity contribution in [2.45, 2.75) is 26.2 Å². The fourth-order valence-electron chi connectivity index (χ4n) is 2.37. The van der Waals surface area contributed by atoms with Gasteiger partial charge in [-0.3, -0.25) is 9.69 Å². The summed E-state index contributed by atoms with van der Waals surface area (Å²) in [5.41, 5.74) is 1.46. The van der Waals surface area contributed by atoms with Crippen molar-refractivity contribution in [1.29, 1.82) is 0 Å².